The van der Waals surface area contributed by atoms with Crippen LogP contribution >= 0.6 is 23.1 Å². The number of hydrogen-bond donors (Lipinski definition) is 2. The summed E-state index contributed by atoms with van der Waals surface area (Å²) in [7, 11) is 0. The molecule has 2 N–H and O–H groups in total. The Morgan fingerprint density at radius 1 is 1.32 bits per heavy atom. The molecular formula is C14H18N2OS2. The molecule has 0 saturated heterocycles. The van der Waals surface area contributed by atoms with Crippen molar-refractivity contribution in [3.63, 3.8) is 0 Å². The van der Waals surface area contributed by atoms with E-state index in [0.717, 1.165) is 36.3 Å². The van der Waals surface area contributed by atoms with Crippen molar-refractivity contribution in [2.24, 2.45) is 0 Å². The van der Waals surface area contributed by atoms with E-state index in [1.165, 1.54) is 9.60 Å². The van der Waals surface area contributed by atoms with Crippen molar-refractivity contribution >= 4 is 38.4 Å². The normalized spacial score (nSPS) is 23.7. The first-order valence-electron chi connectivity index (χ1n) is 6.64. The third-order valence-electron chi connectivity index (χ3n) is 3.62. The highest BCUT2D eigenvalue weighted by atomic mass is 32.2. The SMILES string of the molecule is CSc1ccc2nc(NC3CCC(O)CC3)sc2c1. The van der Waals surface area contributed by atoms with Gasteiger partial charge in [0.1, 0.15) is 0 Å². The van der Waals surface area contributed by atoms with E-state index in [1.807, 2.05) is 0 Å². The van der Waals surface area contributed by atoms with Crippen molar-refractivity contribution in [3.8, 4) is 0 Å². The van der Waals surface area contributed by atoms with Crippen LogP contribution in [0, 0.1) is 0 Å². The van der Waals surface area contributed by atoms with Crippen LogP contribution in [-0.4, -0.2) is 28.5 Å². The van der Waals surface area contributed by atoms with E-state index in [9.17, 15) is 5.11 Å². The fourth-order valence-corrected chi connectivity index (χ4v) is 3.98. The number of aromatic nitrogens is 1. The topological polar surface area (TPSA) is 45.2 Å². The van der Waals surface area contributed by atoms with Gasteiger partial charge in [-0.3, -0.25) is 0 Å². The van der Waals surface area contributed by atoms with E-state index < -0.39 is 0 Å². The largest absolute Gasteiger partial charge is 0.393 e. The van der Waals surface area contributed by atoms with Gasteiger partial charge >= 0.3 is 0 Å². The van der Waals surface area contributed by atoms with E-state index in [2.05, 4.69) is 34.8 Å². The van der Waals surface area contributed by atoms with Gasteiger partial charge in [-0.15, -0.1) is 11.8 Å². The van der Waals surface area contributed by atoms with E-state index >= 15 is 0 Å². The van der Waals surface area contributed by atoms with Gasteiger partial charge in [-0.1, -0.05) is 11.3 Å². The summed E-state index contributed by atoms with van der Waals surface area (Å²) in [6, 6.07) is 6.87. The number of benzene rings is 1. The fraction of sp³-hybridized carbons (Fsp3) is 0.500. The highest BCUT2D eigenvalue weighted by Crippen LogP contribution is 2.31. The lowest BCUT2D eigenvalue weighted by atomic mass is 9.93. The second-order valence-electron chi connectivity index (χ2n) is 5.00. The summed E-state index contributed by atoms with van der Waals surface area (Å²) in [5.41, 5.74) is 1.07. The average Bonchev–Trinajstić information content (AvgIpc) is 2.82. The van der Waals surface area contributed by atoms with Crippen LogP contribution in [0.5, 0.6) is 0 Å². The van der Waals surface area contributed by atoms with E-state index in [4.69, 9.17) is 0 Å². The number of fused-ring (bicyclic) bond motifs is 1. The fourth-order valence-electron chi connectivity index (χ4n) is 2.49. The van der Waals surface area contributed by atoms with Crippen LogP contribution in [0.3, 0.4) is 0 Å². The average molecular weight is 294 g/mol. The lowest BCUT2D eigenvalue weighted by Crippen LogP contribution is -2.28. The molecule has 5 heteroatoms. The molecule has 1 aliphatic rings. The van der Waals surface area contributed by atoms with Gasteiger partial charge in [0.05, 0.1) is 16.3 Å². The summed E-state index contributed by atoms with van der Waals surface area (Å²) >= 11 is 3.48. The predicted octanol–water partition coefficient (Wildman–Crippen LogP) is 3.73. The highest BCUT2D eigenvalue weighted by Gasteiger charge is 2.20. The van der Waals surface area contributed by atoms with E-state index in [0.29, 0.717) is 6.04 Å². The summed E-state index contributed by atoms with van der Waals surface area (Å²) in [5, 5.41) is 14.0. The molecule has 1 aliphatic carbocycles. The molecule has 0 aliphatic heterocycles. The van der Waals surface area contributed by atoms with Crippen LogP contribution in [0.2, 0.25) is 0 Å². The van der Waals surface area contributed by atoms with Gasteiger partial charge in [-0.25, -0.2) is 4.98 Å². The molecule has 1 aromatic carbocycles. The Balaban J connectivity index is 1.74. The molecular weight excluding hydrogens is 276 g/mol. The van der Waals surface area contributed by atoms with Gasteiger partial charge in [0.15, 0.2) is 5.13 Å². The molecule has 0 unspecified atom stereocenters. The molecule has 0 bridgehead atoms. The Kier molecular flexibility index (Phi) is 3.96. The van der Waals surface area contributed by atoms with Crippen molar-refractivity contribution in [3.05, 3.63) is 18.2 Å². The number of aliphatic hydroxyl groups excluding tert-OH is 1. The maximum atomic E-state index is 9.52. The van der Waals surface area contributed by atoms with Crippen LogP contribution < -0.4 is 5.32 Å². The Morgan fingerprint density at radius 2 is 2.11 bits per heavy atom. The first kappa shape index (κ1) is 13.2. The van der Waals surface area contributed by atoms with E-state index in [-0.39, 0.29) is 6.10 Å². The van der Waals surface area contributed by atoms with Crippen molar-refractivity contribution in [1.82, 2.24) is 4.98 Å². The van der Waals surface area contributed by atoms with Gasteiger partial charge in [-0.05, 0) is 50.1 Å². The number of nitrogens with one attached hydrogen (secondary N) is 1. The zero-order valence-electron chi connectivity index (χ0n) is 10.9. The third-order valence-corrected chi connectivity index (χ3v) is 5.29. The van der Waals surface area contributed by atoms with Crippen molar-refractivity contribution in [2.75, 3.05) is 11.6 Å². The molecule has 0 amide bonds. The minimum Gasteiger partial charge on any atom is -0.393 e. The maximum Gasteiger partial charge on any atom is 0.184 e. The van der Waals surface area contributed by atoms with E-state index in [1.54, 1.807) is 23.1 Å². The van der Waals surface area contributed by atoms with Crippen LogP contribution in [0.25, 0.3) is 10.2 Å². The Morgan fingerprint density at radius 3 is 2.84 bits per heavy atom. The van der Waals surface area contributed by atoms with Crippen LogP contribution in [-0.2, 0) is 0 Å². The van der Waals surface area contributed by atoms with Gasteiger partial charge in [0.2, 0.25) is 0 Å². The van der Waals surface area contributed by atoms with Crippen molar-refractivity contribution in [1.29, 1.82) is 0 Å². The quantitative estimate of drug-likeness (QED) is 0.847. The molecule has 1 heterocycles. The number of hydrogen-bond acceptors (Lipinski definition) is 5. The minimum absolute atomic E-state index is 0.0995. The van der Waals surface area contributed by atoms with Gasteiger partial charge < -0.3 is 10.4 Å². The van der Waals surface area contributed by atoms with Crippen LogP contribution in [0.15, 0.2) is 23.1 Å². The lowest BCUT2D eigenvalue weighted by molar-refractivity contribution is 0.126. The summed E-state index contributed by atoms with van der Waals surface area (Å²) < 4.78 is 1.24. The predicted molar refractivity (Wildman–Crippen MR) is 83.3 cm³/mol. The molecule has 1 fully saturated rings. The summed E-state index contributed by atoms with van der Waals surface area (Å²) in [6.07, 6.45) is 5.87. The zero-order valence-corrected chi connectivity index (χ0v) is 12.6. The third kappa shape index (κ3) is 3.04. The smallest absolute Gasteiger partial charge is 0.184 e. The Bertz CT molecular complexity index is 562. The second kappa shape index (κ2) is 5.69. The number of thioether (sulfide) groups is 1. The molecule has 2 aromatic rings. The number of nitrogens with zero attached hydrogens (tertiary/aromatic N) is 1. The summed E-state index contributed by atoms with van der Waals surface area (Å²) in [5.74, 6) is 0. The molecule has 1 saturated carbocycles. The van der Waals surface area contributed by atoms with Crippen LogP contribution in [0.1, 0.15) is 25.7 Å². The molecule has 0 atom stereocenters. The first-order chi connectivity index (χ1) is 9.24. The zero-order chi connectivity index (χ0) is 13.2. The van der Waals surface area contributed by atoms with Crippen molar-refractivity contribution < 1.29 is 5.11 Å². The Labute approximate surface area is 121 Å². The molecule has 1 aromatic heterocycles. The number of anilines is 1. The second-order valence-corrected chi connectivity index (χ2v) is 6.91. The van der Waals surface area contributed by atoms with Crippen LogP contribution in [0.4, 0.5) is 5.13 Å². The molecule has 3 rings (SSSR count). The molecule has 0 radical (unpaired) electrons. The van der Waals surface area contributed by atoms with Gasteiger partial charge in [0.25, 0.3) is 0 Å². The number of aliphatic hydroxyl groups is 1. The molecule has 19 heavy (non-hydrogen) atoms. The molecule has 102 valence electrons. The minimum atomic E-state index is -0.0995. The van der Waals surface area contributed by atoms with Crippen molar-refractivity contribution in [2.45, 2.75) is 42.7 Å². The maximum absolute atomic E-state index is 9.52. The lowest BCUT2D eigenvalue weighted by Gasteiger charge is -2.25. The van der Waals surface area contributed by atoms with Gasteiger partial charge in [-0.2, -0.15) is 0 Å². The highest BCUT2D eigenvalue weighted by molar-refractivity contribution is 7.98. The standard InChI is InChI=1S/C14H18N2OS2/c1-18-11-6-7-12-13(8-11)19-14(16-12)15-9-2-4-10(17)5-3-9/h6-10,17H,2-5H2,1H3,(H,15,16). The Hall–Kier alpha value is -0.780. The summed E-state index contributed by atoms with van der Waals surface area (Å²) in [6.45, 7) is 0. The number of rotatable bonds is 3. The van der Waals surface area contributed by atoms with Gasteiger partial charge in [0, 0.05) is 10.9 Å². The molecule has 3 nitrogen and oxygen atoms in total. The number of thiazole rings is 1. The molecule has 0 spiro atoms. The summed E-state index contributed by atoms with van der Waals surface area (Å²) in [4.78, 5) is 5.92. The first-order valence-corrected chi connectivity index (χ1v) is 8.68. The monoisotopic (exact) mass is 294 g/mol.